The zero-order valence-corrected chi connectivity index (χ0v) is 11.6. The van der Waals surface area contributed by atoms with Gasteiger partial charge in [-0.05, 0) is 25.0 Å². The topological polar surface area (TPSA) is 71.2 Å². The maximum Gasteiger partial charge on any atom is 0.137 e. The molecule has 0 atom stereocenters. The Balaban J connectivity index is 2.08. The SMILES string of the molecule is N#CCCCCO/N=C(\c1ccccc1)c1cccnn1. The van der Waals surface area contributed by atoms with E-state index in [4.69, 9.17) is 10.1 Å². The van der Waals surface area contributed by atoms with Crippen LogP contribution in [0.1, 0.15) is 30.5 Å². The lowest BCUT2D eigenvalue weighted by Crippen LogP contribution is -2.07. The van der Waals surface area contributed by atoms with Gasteiger partial charge in [0.15, 0.2) is 0 Å². The zero-order valence-electron chi connectivity index (χ0n) is 11.6. The van der Waals surface area contributed by atoms with Crippen LogP contribution in [0.5, 0.6) is 0 Å². The molecule has 0 bridgehead atoms. The van der Waals surface area contributed by atoms with Crippen LogP contribution in [0.25, 0.3) is 0 Å². The van der Waals surface area contributed by atoms with Crippen molar-refractivity contribution in [3.05, 3.63) is 59.9 Å². The molecule has 0 spiro atoms. The standard InChI is InChI=1S/C16H16N4O/c17-11-5-2-6-13-21-20-16(14-8-3-1-4-9-14)15-10-7-12-18-19-15/h1,3-4,7-10,12H,2,5-6,13H2/b20-16+. The maximum atomic E-state index is 8.47. The van der Waals surface area contributed by atoms with Crippen LogP contribution in [-0.2, 0) is 4.84 Å². The molecule has 5 heteroatoms. The fraction of sp³-hybridized carbons (Fsp3) is 0.250. The van der Waals surface area contributed by atoms with Gasteiger partial charge in [0.2, 0.25) is 0 Å². The smallest absolute Gasteiger partial charge is 0.137 e. The summed E-state index contributed by atoms with van der Waals surface area (Å²) in [6, 6.07) is 15.5. The first-order valence-electron chi connectivity index (χ1n) is 6.82. The summed E-state index contributed by atoms with van der Waals surface area (Å²) < 4.78 is 0. The summed E-state index contributed by atoms with van der Waals surface area (Å²) in [6.45, 7) is 0.484. The van der Waals surface area contributed by atoms with Gasteiger partial charge in [-0.3, -0.25) is 0 Å². The first-order valence-corrected chi connectivity index (χ1v) is 6.82. The molecule has 0 radical (unpaired) electrons. The molecule has 1 heterocycles. The third-order valence-corrected chi connectivity index (χ3v) is 2.79. The Bertz CT molecular complexity index is 564. The van der Waals surface area contributed by atoms with Crippen LogP contribution in [0.4, 0.5) is 0 Å². The van der Waals surface area contributed by atoms with Crippen molar-refractivity contribution in [1.29, 1.82) is 5.26 Å². The molecule has 0 aliphatic heterocycles. The van der Waals surface area contributed by atoms with E-state index in [9.17, 15) is 0 Å². The van der Waals surface area contributed by atoms with Crippen molar-refractivity contribution in [2.75, 3.05) is 6.61 Å². The van der Waals surface area contributed by atoms with E-state index in [1.54, 1.807) is 6.20 Å². The van der Waals surface area contributed by atoms with Gasteiger partial charge in [0.1, 0.15) is 18.0 Å². The van der Waals surface area contributed by atoms with Crippen molar-refractivity contribution in [3.63, 3.8) is 0 Å². The molecule has 0 fully saturated rings. The highest BCUT2D eigenvalue weighted by atomic mass is 16.6. The number of hydrogen-bond acceptors (Lipinski definition) is 5. The molecular weight excluding hydrogens is 264 g/mol. The minimum atomic E-state index is 0.484. The molecule has 0 aliphatic carbocycles. The second kappa shape index (κ2) is 8.43. The molecule has 0 N–H and O–H groups in total. The zero-order chi connectivity index (χ0) is 14.8. The minimum absolute atomic E-state index is 0.484. The van der Waals surface area contributed by atoms with E-state index in [-0.39, 0.29) is 0 Å². The third-order valence-electron chi connectivity index (χ3n) is 2.79. The normalized spacial score (nSPS) is 10.9. The van der Waals surface area contributed by atoms with Gasteiger partial charge in [-0.15, -0.1) is 5.10 Å². The molecule has 2 aromatic rings. The van der Waals surface area contributed by atoms with Crippen LogP contribution in [0, 0.1) is 11.3 Å². The van der Waals surface area contributed by atoms with Gasteiger partial charge in [-0.1, -0.05) is 35.5 Å². The molecule has 0 unspecified atom stereocenters. The molecule has 0 amide bonds. The number of hydrogen-bond donors (Lipinski definition) is 0. The van der Waals surface area contributed by atoms with Crippen molar-refractivity contribution in [1.82, 2.24) is 10.2 Å². The second-order valence-electron chi connectivity index (χ2n) is 4.36. The summed E-state index contributed by atoms with van der Waals surface area (Å²) in [5, 5.41) is 20.6. The number of rotatable bonds is 7. The van der Waals surface area contributed by atoms with E-state index in [1.807, 2.05) is 42.5 Å². The average molecular weight is 280 g/mol. The molecule has 5 nitrogen and oxygen atoms in total. The van der Waals surface area contributed by atoms with Crippen molar-refractivity contribution in [2.45, 2.75) is 19.3 Å². The van der Waals surface area contributed by atoms with Crippen LogP contribution >= 0.6 is 0 Å². The molecule has 0 aliphatic rings. The second-order valence-corrected chi connectivity index (χ2v) is 4.36. The Morgan fingerprint density at radius 3 is 2.71 bits per heavy atom. The Labute approximate surface area is 123 Å². The first-order chi connectivity index (χ1) is 10.4. The van der Waals surface area contributed by atoms with Crippen LogP contribution < -0.4 is 0 Å². The van der Waals surface area contributed by atoms with Crippen molar-refractivity contribution < 1.29 is 4.84 Å². The molecule has 106 valence electrons. The Kier molecular flexibility index (Phi) is 5.89. The van der Waals surface area contributed by atoms with E-state index in [0.717, 1.165) is 18.4 Å². The predicted molar refractivity (Wildman–Crippen MR) is 79.5 cm³/mol. The number of nitriles is 1. The molecule has 0 saturated carbocycles. The van der Waals surface area contributed by atoms with E-state index in [0.29, 0.717) is 24.4 Å². The van der Waals surface area contributed by atoms with Crippen LogP contribution in [0.15, 0.2) is 53.8 Å². The summed E-state index contributed by atoms with van der Waals surface area (Å²) in [6.07, 6.45) is 3.79. The fourth-order valence-corrected chi connectivity index (χ4v) is 1.75. The van der Waals surface area contributed by atoms with Gasteiger partial charge < -0.3 is 4.84 Å². The summed E-state index contributed by atoms with van der Waals surface area (Å²) in [4.78, 5) is 5.36. The highest BCUT2D eigenvalue weighted by Gasteiger charge is 2.09. The number of aromatic nitrogens is 2. The minimum Gasteiger partial charge on any atom is -0.395 e. The van der Waals surface area contributed by atoms with Crippen LogP contribution in [0.3, 0.4) is 0 Å². The van der Waals surface area contributed by atoms with E-state index < -0.39 is 0 Å². The molecule has 2 rings (SSSR count). The van der Waals surface area contributed by atoms with Gasteiger partial charge in [-0.2, -0.15) is 10.4 Å². The fourth-order valence-electron chi connectivity index (χ4n) is 1.75. The molecule has 0 saturated heterocycles. The third kappa shape index (κ3) is 4.69. The lowest BCUT2D eigenvalue weighted by Gasteiger charge is -2.05. The maximum absolute atomic E-state index is 8.47. The monoisotopic (exact) mass is 280 g/mol. The van der Waals surface area contributed by atoms with Crippen molar-refractivity contribution in [3.8, 4) is 6.07 Å². The quantitative estimate of drug-likeness (QED) is 0.444. The first kappa shape index (κ1) is 14.7. The number of nitrogens with zero attached hydrogens (tertiary/aromatic N) is 4. The largest absolute Gasteiger partial charge is 0.395 e. The lowest BCUT2D eigenvalue weighted by molar-refractivity contribution is 0.141. The number of benzene rings is 1. The van der Waals surface area contributed by atoms with E-state index in [2.05, 4.69) is 21.4 Å². The van der Waals surface area contributed by atoms with Gasteiger partial charge in [0.05, 0.1) is 6.07 Å². The summed E-state index contributed by atoms with van der Waals surface area (Å²) >= 11 is 0. The molecular formula is C16H16N4O. The molecule has 1 aromatic heterocycles. The number of oxime groups is 1. The highest BCUT2D eigenvalue weighted by Crippen LogP contribution is 2.08. The van der Waals surface area contributed by atoms with Crippen molar-refractivity contribution >= 4 is 5.71 Å². The van der Waals surface area contributed by atoms with Gasteiger partial charge in [-0.25, -0.2) is 0 Å². The van der Waals surface area contributed by atoms with Crippen molar-refractivity contribution in [2.24, 2.45) is 5.16 Å². The lowest BCUT2D eigenvalue weighted by atomic mass is 10.1. The predicted octanol–water partition coefficient (Wildman–Crippen LogP) is 2.94. The summed E-state index contributed by atoms with van der Waals surface area (Å²) in [5.41, 5.74) is 2.25. The van der Waals surface area contributed by atoms with Gasteiger partial charge >= 0.3 is 0 Å². The van der Waals surface area contributed by atoms with Crippen LogP contribution in [0.2, 0.25) is 0 Å². The van der Waals surface area contributed by atoms with Gasteiger partial charge in [0.25, 0.3) is 0 Å². The highest BCUT2D eigenvalue weighted by molar-refractivity contribution is 6.11. The number of unbranched alkanes of at least 4 members (excludes halogenated alkanes) is 2. The van der Waals surface area contributed by atoms with Gasteiger partial charge in [0, 0.05) is 18.2 Å². The van der Waals surface area contributed by atoms with Crippen LogP contribution in [-0.4, -0.2) is 22.5 Å². The Morgan fingerprint density at radius 1 is 1.14 bits per heavy atom. The average Bonchev–Trinajstić information content (AvgIpc) is 2.56. The molecule has 1 aromatic carbocycles. The van der Waals surface area contributed by atoms with E-state index >= 15 is 0 Å². The Hall–Kier alpha value is -2.74. The summed E-state index contributed by atoms with van der Waals surface area (Å²) in [7, 11) is 0. The summed E-state index contributed by atoms with van der Waals surface area (Å²) in [5.74, 6) is 0. The molecule has 21 heavy (non-hydrogen) atoms. The van der Waals surface area contributed by atoms with E-state index in [1.165, 1.54) is 0 Å². The Morgan fingerprint density at radius 2 is 2.00 bits per heavy atom.